The Morgan fingerprint density at radius 3 is 3.27 bits per heavy atom. The third-order valence-corrected chi connectivity index (χ3v) is 5.48. The molecule has 0 aromatic rings. The lowest BCUT2D eigenvalue weighted by atomic mass is 9.81. The van der Waals surface area contributed by atoms with Crippen LogP contribution >= 0.6 is 11.8 Å². The molecule has 4 atom stereocenters. The number of amides is 1. The Bertz CT molecular complexity index is 396. The maximum atomic E-state index is 12.2. The van der Waals surface area contributed by atoms with E-state index in [2.05, 4.69) is 19.1 Å². The molecule has 0 aromatic carbocycles. The summed E-state index contributed by atoms with van der Waals surface area (Å²) < 4.78 is 6.16. The molecule has 3 saturated heterocycles. The highest BCUT2D eigenvalue weighted by molar-refractivity contribution is 8.00. The molecular formula is C11H13NO2S. The summed E-state index contributed by atoms with van der Waals surface area (Å²) in [5, 5.41) is 0.246. The molecule has 80 valence electrons. The highest BCUT2D eigenvalue weighted by Gasteiger charge is 2.69. The van der Waals surface area contributed by atoms with Gasteiger partial charge in [-0.1, -0.05) is 12.2 Å². The van der Waals surface area contributed by atoms with E-state index in [1.165, 1.54) is 0 Å². The van der Waals surface area contributed by atoms with Crippen LogP contribution in [-0.2, 0) is 9.53 Å². The molecule has 4 rings (SSSR count). The number of thioether (sulfide) groups is 1. The molecule has 0 aliphatic carbocycles. The number of nitrogens with zero attached hydrogens (tertiary/aromatic N) is 1. The average molecular weight is 223 g/mol. The van der Waals surface area contributed by atoms with Gasteiger partial charge < -0.3 is 9.64 Å². The van der Waals surface area contributed by atoms with Crippen molar-refractivity contribution in [2.45, 2.75) is 29.9 Å². The van der Waals surface area contributed by atoms with Crippen LogP contribution in [0.15, 0.2) is 12.2 Å². The van der Waals surface area contributed by atoms with Crippen molar-refractivity contribution in [2.24, 2.45) is 5.92 Å². The van der Waals surface area contributed by atoms with Crippen molar-refractivity contribution in [3.05, 3.63) is 12.2 Å². The van der Waals surface area contributed by atoms with Gasteiger partial charge in [-0.2, -0.15) is 0 Å². The molecule has 3 nitrogen and oxygen atoms in total. The van der Waals surface area contributed by atoms with Crippen LogP contribution in [-0.4, -0.2) is 39.7 Å². The maximum Gasteiger partial charge on any atom is 0.230 e. The molecule has 1 spiro atoms. The minimum Gasteiger partial charge on any atom is -0.357 e. The van der Waals surface area contributed by atoms with Crippen LogP contribution in [0, 0.1) is 5.92 Å². The van der Waals surface area contributed by atoms with Gasteiger partial charge in [-0.25, -0.2) is 0 Å². The van der Waals surface area contributed by atoms with Gasteiger partial charge in [-0.3, -0.25) is 4.79 Å². The van der Waals surface area contributed by atoms with Gasteiger partial charge >= 0.3 is 0 Å². The third-order valence-electron chi connectivity index (χ3n) is 4.12. The Balaban J connectivity index is 1.87. The summed E-state index contributed by atoms with van der Waals surface area (Å²) in [6, 6.07) is 0. The van der Waals surface area contributed by atoms with Crippen molar-refractivity contribution >= 4 is 17.7 Å². The normalized spacial score (nSPS) is 55.3. The first kappa shape index (κ1) is 8.65. The molecule has 0 unspecified atom stereocenters. The second kappa shape index (κ2) is 2.28. The number of carbonyl (C=O) groups is 1. The average Bonchev–Trinajstić information content (AvgIpc) is 2.86. The molecule has 4 heteroatoms. The number of fused-ring (bicyclic) bond motifs is 2. The minimum atomic E-state index is -0.285. The second-order valence-electron chi connectivity index (χ2n) is 5.11. The van der Waals surface area contributed by atoms with Crippen LogP contribution in [0.5, 0.6) is 0 Å². The molecule has 1 amide bonds. The molecule has 0 radical (unpaired) electrons. The van der Waals surface area contributed by atoms with Gasteiger partial charge in [-0.15, -0.1) is 11.8 Å². The van der Waals surface area contributed by atoms with Gasteiger partial charge in [0, 0.05) is 12.3 Å². The molecule has 4 aliphatic rings. The fraction of sp³-hybridized carbons (Fsp3) is 0.727. The molecule has 0 saturated carbocycles. The highest BCUT2D eigenvalue weighted by Crippen LogP contribution is 2.59. The summed E-state index contributed by atoms with van der Waals surface area (Å²) in [6.45, 7) is 2.99. The molecule has 2 bridgehead atoms. The standard InChI is InChI=1S/C11H13NO2S/c1-10-2-3-11(14-10)7(6-10)8(13)12-4-5-15-9(11)12/h2-3,7,9H,4-6H2,1H3/t7-,9-,10+,11+/m0/s1. The van der Waals surface area contributed by atoms with E-state index in [1.54, 1.807) is 0 Å². The van der Waals surface area contributed by atoms with Crippen LogP contribution in [0.4, 0.5) is 0 Å². The Morgan fingerprint density at radius 1 is 1.60 bits per heavy atom. The predicted molar refractivity (Wildman–Crippen MR) is 57.4 cm³/mol. The third kappa shape index (κ3) is 0.795. The lowest BCUT2D eigenvalue weighted by Gasteiger charge is -2.28. The molecule has 3 fully saturated rings. The summed E-state index contributed by atoms with van der Waals surface area (Å²) in [5.41, 5.74) is -0.456. The highest BCUT2D eigenvalue weighted by atomic mass is 32.2. The molecule has 4 aliphatic heterocycles. The number of hydrogen-bond acceptors (Lipinski definition) is 3. The van der Waals surface area contributed by atoms with E-state index in [-0.39, 0.29) is 22.5 Å². The number of carbonyl (C=O) groups excluding carboxylic acids is 1. The Labute approximate surface area is 92.8 Å². The van der Waals surface area contributed by atoms with Gasteiger partial charge in [0.15, 0.2) is 0 Å². The Morgan fingerprint density at radius 2 is 2.47 bits per heavy atom. The van der Waals surface area contributed by atoms with E-state index in [4.69, 9.17) is 4.74 Å². The zero-order chi connectivity index (χ0) is 10.3. The monoisotopic (exact) mass is 223 g/mol. The Hall–Kier alpha value is -0.480. The predicted octanol–water partition coefficient (Wildman–Crippen LogP) is 1.01. The van der Waals surface area contributed by atoms with Crippen molar-refractivity contribution in [1.29, 1.82) is 0 Å². The van der Waals surface area contributed by atoms with Gasteiger partial charge in [0.1, 0.15) is 11.0 Å². The summed E-state index contributed by atoms with van der Waals surface area (Å²) in [6.07, 6.45) is 5.18. The van der Waals surface area contributed by atoms with Crippen LogP contribution in [0.1, 0.15) is 13.3 Å². The van der Waals surface area contributed by atoms with E-state index in [0.29, 0.717) is 5.91 Å². The maximum absolute atomic E-state index is 12.2. The van der Waals surface area contributed by atoms with E-state index >= 15 is 0 Å². The summed E-state index contributed by atoms with van der Waals surface area (Å²) in [7, 11) is 0. The number of hydrogen-bond donors (Lipinski definition) is 0. The molecule has 15 heavy (non-hydrogen) atoms. The SMILES string of the molecule is C[C@]12C=C[C@]3(O1)[C@@H]1SCCN1C(=O)[C@@H]3C2. The fourth-order valence-corrected chi connectivity index (χ4v) is 4.96. The first-order valence-corrected chi connectivity index (χ1v) is 6.52. The van der Waals surface area contributed by atoms with Crippen molar-refractivity contribution in [2.75, 3.05) is 12.3 Å². The van der Waals surface area contributed by atoms with E-state index in [1.807, 2.05) is 16.7 Å². The zero-order valence-electron chi connectivity index (χ0n) is 8.60. The second-order valence-corrected chi connectivity index (χ2v) is 6.30. The van der Waals surface area contributed by atoms with Crippen molar-refractivity contribution < 1.29 is 9.53 Å². The fourth-order valence-electron chi connectivity index (χ4n) is 3.49. The van der Waals surface area contributed by atoms with Crippen LogP contribution < -0.4 is 0 Å². The Kier molecular flexibility index (Phi) is 1.31. The molecular weight excluding hydrogens is 210 g/mol. The van der Waals surface area contributed by atoms with Crippen LogP contribution in [0.25, 0.3) is 0 Å². The van der Waals surface area contributed by atoms with Crippen molar-refractivity contribution in [3.8, 4) is 0 Å². The lowest BCUT2D eigenvalue weighted by Crippen LogP contribution is -2.39. The minimum absolute atomic E-state index is 0.0882. The van der Waals surface area contributed by atoms with Crippen LogP contribution in [0.2, 0.25) is 0 Å². The molecule has 0 N–H and O–H groups in total. The number of ether oxygens (including phenoxy) is 1. The topological polar surface area (TPSA) is 29.5 Å². The van der Waals surface area contributed by atoms with Crippen molar-refractivity contribution in [3.63, 3.8) is 0 Å². The first-order chi connectivity index (χ1) is 7.15. The van der Waals surface area contributed by atoms with E-state index < -0.39 is 0 Å². The molecule has 0 aromatic heterocycles. The van der Waals surface area contributed by atoms with Gasteiger partial charge in [0.25, 0.3) is 0 Å². The summed E-state index contributed by atoms with van der Waals surface area (Å²) in [4.78, 5) is 14.2. The first-order valence-electron chi connectivity index (χ1n) is 5.47. The number of rotatable bonds is 0. The lowest BCUT2D eigenvalue weighted by molar-refractivity contribution is -0.131. The summed E-state index contributed by atoms with van der Waals surface area (Å²) >= 11 is 1.87. The summed E-state index contributed by atoms with van der Waals surface area (Å²) in [5.74, 6) is 1.46. The quantitative estimate of drug-likeness (QED) is 0.574. The van der Waals surface area contributed by atoms with Gasteiger partial charge in [-0.05, 0) is 13.3 Å². The smallest absolute Gasteiger partial charge is 0.230 e. The van der Waals surface area contributed by atoms with E-state index in [9.17, 15) is 4.79 Å². The van der Waals surface area contributed by atoms with Crippen molar-refractivity contribution in [1.82, 2.24) is 4.90 Å². The van der Waals surface area contributed by atoms with Crippen LogP contribution in [0.3, 0.4) is 0 Å². The largest absolute Gasteiger partial charge is 0.357 e. The van der Waals surface area contributed by atoms with Gasteiger partial charge in [0.05, 0.1) is 11.5 Å². The zero-order valence-corrected chi connectivity index (χ0v) is 9.42. The molecule has 4 heterocycles. The van der Waals surface area contributed by atoms with E-state index in [0.717, 1.165) is 18.7 Å². The van der Waals surface area contributed by atoms with Gasteiger partial charge in [0.2, 0.25) is 5.91 Å².